The molecule has 0 aliphatic heterocycles. The second kappa shape index (κ2) is 6.23. The molecule has 122 valence electrons. The van der Waals surface area contributed by atoms with Crippen molar-refractivity contribution in [3.8, 4) is 16.9 Å². The van der Waals surface area contributed by atoms with E-state index in [0.29, 0.717) is 5.69 Å². The number of carboxylic acids is 1. The highest BCUT2D eigenvalue weighted by Crippen LogP contribution is 2.25. The number of carbonyl (C=O) groups is 1. The quantitative estimate of drug-likeness (QED) is 0.795. The van der Waals surface area contributed by atoms with Crippen molar-refractivity contribution in [2.45, 2.75) is 26.7 Å². The van der Waals surface area contributed by atoms with Crippen molar-refractivity contribution in [1.82, 2.24) is 19.7 Å². The van der Waals surface area contributed by atoms with E-state index in [1.54, 1.807) is 23.0 Å². The molecule has 1 N–H and O–H groups in total. The van der Waals surface area contributed by atoms with Crippen LogP contribution in [0.1, 0.15) is 41.5 Å². The van der Waals surface area contributed by atoms with Gasteiger partial charge in [-0.05, 0) is 36.8 Å². The first-order valence-corrected chi connectivity index (χ1v) is 7.67. The molecule has 0 bridgehead atoms. The fourth-order valence-electron chi connectivity index (χ4n) is 2.49. The Morgan fingerprint density at radius 1 is 1.17 bits per heavy atom. The lowest BCUT2D eigenvalue weighted by molar-refractivity contribution is 0.0697. The fraction of sp³-hybridized carbons (Fsp3) is 0.222. The van der Waals surface area contributed by atoms with Gasteiger partial charge in [-0.15, -0.1) is 0 Å². The first kappa shape index (κ1) is 15.9. The van der Waals surface area contributed by atoms with Crippen LogP contribution >= 0.6 is 0 Å². The van der Waals surface area contributed by atoms with Crippen LogP contribution in [0.25, 0.3) is 16.9 Å². The number of benzene rings is 1. The Labute approximate surface area is 139 Å². The van der Waals surface area contributed by atoms with Crippen LogP contribution < -0.4 is 0 Å². The summed E-state index contributed by atoms with van der Waals surface area (Å²) in [6.45, 7) is 5.99. The van der Waals surface area contributed by atoms with Gasteiger partial charge in [-0.3, -0.25) is 4.98 Å². The van der Waals surface area contributed by atoms with E-state index in [4.69, 9.17) is 0 Å². The van der Waals surface area contributed by atoms with Crippen molar-refractivity contribution < 1.29 is 9.90 Å². The maximum Gasteiger partial charge on any atom is 0.335 e. The minimum atomic E-state index is -0.989. The van der Waals surface area contributed by atoms with Gasteiger partial charge in [0, 0.05) is 17.7 Å². The third kappa shape index (κ3) is 3.03. The van der Waals surface area contributed by atoms with Crippen molar-refractivity contribution in [3.05, 3.63) is 59.8 Å². The number of pyridine rings is 1. The summed E-state index contributed by atoms with van der Waals surface area (Å²) in [5.41, 5.74) is 3.35. The summed E-state index contributed by atoms with van der Waals surface area (Å²) in [6, 6.07) is 8.93. The molecule has 0 unspecified atom stereocenters. The van der Waals surface area contributed by atoms with E-state index in [1.807, 2.05) is 39.0 Å². The van der Waals surface area contributed by atoms with Gasteiger partial charge in [0.05, 0.1) is 16.9 Å². The second-order valence-corrected chi connectivity index (χ2v) is 5.98. The van der Waals surface area contributed by atoms with Crippen LogP contribution in [0.2, 0.25) is 0 Å². The third-order valence-electron chi connectivity index (χ3n) is 3.71. The molecule has 0 fully saturated rings. The molecule has 0 aliphatic carbocycles. The molecule has 1 aromatic carbocycles. The van der Waals surface area contributed by atoms with Crippen molar-refractivity contribution in [3.63, 3.8) is 0 Å². The molecular formula is C18H18N4O2. The minimum Gasteiger partial charge on any atom is -0.478 e. The molecule has 0 saturated carbocycles. The van der Waals surface area contributed by atoms with E-state index in [0.717, 1.165) is 22.6 Å². The molecule has 0 aliphatic rings. The zero-order chi connectivity index (χ0) is 17.3. The molecule has 24 heavy (non-hydrogen) atoms. The van der Waals surface area contributed by atoms with E-state index < -0.39 is 5.97 Å². The summed E-state index contributed by atoms with van der Waals surface area (Å²) in [5.74, 6) is -0.0429. The van der Waals surface area contributed by atoms with E-state index in [2.05, 4.69) is 15.1 Å². The van der Waals surface area contributed by atoms with Gasteiger partial charge >= 0.3 is 5.97 Å². The zero-order valence-corrected chi connectivity index (χ0v) is 13.8. The highest BCUT2D eigenvalue weighted by atomic mass is 16.4. The molecule has 2 heterocycles. The number of hydrogen-bond donors (Lipinski definition) is 1. The largest absolute Gasteiger partial charge is 0.478 e. The molecule has 3 rings (SSSR count). The average Bonchev–Trinajstić information content (AvgIpc) is 3.05. The lowest BCUT2D eigenvalue weighted by atomic mass is 10.1. The first-order chi connectivity index (χ1) is 11.5. The monoisotopic (exact) mass is 322 g/mol. The highest BCUT2D eigenvalue weighted by Gasteiger charge is 2.15. The van der Waals surface area contributed by atoms with Crippen molar-refractivity contribution in [2.75, 3.05) is 0 Å². The van der Waals surface area contributed by atoms with Gasteiger partial charge in [-0.1, -0.05) is 19.9 Å². The van der Waals surface area contributed by atoms with Crippen LogP contribution in [0.3, 0.4) is 0 Å². The first-order valence-electron chi connectivity index (χ1n) is 7.67. The number of aromatic nitrogens is 4. The van der Waals surface area contributed by atoms with Gasteiger partial charge in [0.15, 0.2) is 0 Å². The van der Waals surface area contributed by atoms with Gasteiger partial charge in [0.25, 0.3) is 0 Å². The number of carboxylic acid groups (broad SMARTS) is 1. The lowest BCUT2D eigenvalue weighted by Crippen LogP contribution is -2.07. The highest BCUT2D eigenvalue weighted by molar-refractivity contribution is 5.90. The van der Waals surface area contributed by atoms with Crippen LogP contribution in [-0.4, -0.2) is 30.8 Å². The Bertz CT molecular complexity index is 882. The summed E-state index contributed by atoms with van der Waals surface area (Å²) in [4.78, 5) is 20.2. The molecule has 0 atom stereocenters. The van der Waals surface area contributed by atoms with Crippen LogP contribution in [0.4, 0.5) is 0 Å². The van der Waals surface area contributed by atoms with E-state index in [9.17, 15) is 9.90 Å². The number of hydrogen-bond acceptors (Lipinski definition) is 4. The van der Waals surface area contributed by atoms with Gasteiger partial charge in [0.2, 0.25) is 0 Å². The standard InChI is InChI=1S/C18H18N4O2/c1-11(2)17-20-10-21-22(17)15-7-13(6-14(8-15)18(23)24)16-5-4-12(3)9-19-16/h4-11H,1-3H3,(H,23,24). The van der Waals surface area contributed by atoms with Crippen molar-refractivity contribution in [1.29, 1.82) is 0 Å². The Morgan fingerprint density at radius 2 is 1.96 bits per heavy atom. The smallest absolute Gasteiger partial charge is 0.335 e. The van der Waals surface area contributed by atoms with Crippen molar-refractivity contribution in [2.24, 2.45) is 0 Å². The summed E-state index contributed by atoms with van der Waals surface area (Å²) >= 11 is 0. The van der Waals surface area contributed by atoms with Crippen LogP contribution in [0.15, 0.2) is 42.9 Å². The van der Waals surface area contributed by atoms with Crippen LogP contribution in [-0.2, 0) is 0 Å². The Balaban J connectivity index is 2.18. The SMILES string of the molecule is Cc1ccc(-c2cc(C(=O)O)cc(-n3ncnc3C(C)C)c2)nc1. The molecule has 0 amide bonds. The maximum absolute atomic E-state index is 11.5. The molecular weight excluding hydrogens is 304 g/mol. The average molecular weight is 322 g/mol. The Hall–Kier alpha value is -3.02. The van der Waals surface area contributed by atoms with Gasteiger partial charge < -0.3 is 5.11 Å². The maximum atomic E-state index is 11.5. The molecule has 3 aromatic rings. The second-order valence-electron chi connectivity index (χ2n) is 5.98. The molecule has 0 spiro atoms. The third-order valence-corrected chi connectivity index (χ3v) is 3.71. The zero-order valence-electron chi connectivity index (χ0n) is 13.8. The summed E-state index contributed by atoms with van der Waals surface area (Å²) in [5, 5.41) is 13.7. The van der Waals surface area contributed by atoms with E-state index in [1.165, 1.54) is 6.33 Å². The predicted molar refractivity (Wildman–Crippen MR) is 90.4 cm³/mol. The van der Waals surface area contributed by atoms with Crippen molar-refractivity contribution >= 4 is 5.97 Å². The number of aryl methyl sites for hydroxylation is 1. The fourth-order valence-corrected chi connectivity index (χ4v) is 2.49. The van der Waals surface area contributed by atoms with Gasteiger partial charge in [0.1, 0.15) is 12.2 Å². The van der Waals surface area contributed by atoms with E-state index >= 15 is 0 Å². The summed E-state index contributed by atoms with van der Waals surface area (Å²) < 4.78 is 1.68. The summed E-state index contributed by atoms with van der Waals surface area (Å²) in [6.07, 6.45) is 3.24. The van der Waals surface area contributed by atoms with Crippen LogP contribution in [0.5, 0.6) is 0 Å². The number of rotatable bonds is 4. The minimum absolute atomic E-state index is 0.168. The predicted octanol–water partition coefficient (Wildman–Crippen LogP) is 3.46. The number of aromatic carboxylic acids is 1. The molecule has 6 heteroatoms. The Morgan fingerprint density at radius 3 is 2.58 bits per heavy atom. The van der Waals surface area contributed by atoms with Crippen LogP contribution in [0, 0.1) is 6.92 Å². The molecule has 0 saturated heterocycles. The summed E-state index contributed by atoms with van der Waals surface area (Å²) in [7, 11) is 0. The molecule has 0 radical (unpaired) electrons. The number of nitrogens with zero attached hydrogens (tertiary/aromatic N) is 4. The van der Waals surface area contributed by atoms with Gasteiger partial charge in [-0.2, -0.15) is 5.10 Å². The lowest BCUT2D eigenvalue weighted by Gasteiger charge is -2.11. The molecule has 2 aromatic heterocycles. The topological polar surface area (TPSA) is 80.9 Å². The molecule has 6 nitrogen and oxygen atoms in total. The van der Waals surface area contributed by atoms with E-state index in [-0.39, 0.29) is 11.5 Å². The Kier molecular flexibility index (Phi) is 4.12. The normalized spacial score (nSPS) is 11.0. The van der Waals surface area contributed by atoms with Gasteiger partial charge in [-0.25, -0.2) is 14.5 Å².